The molecule has 0 bridgehead atoms. The van der Waals surface area contributed by atoms with Crippen molar-refractivity contribution >= 4 is 28.3 Å². The third-order valence-corrected chi connectivity index (χ3v) is 4.78. The fourth-order valence-corrected chi connectivity index (χ4v) is 3.55. The lowest BCUT2D eigenvalue weighted by atomic mass is 10.0. The van der Waals surface area contributed by atoms with E-state index in [1.165, 1.54) is 25.7 Å². The second-order valence-corrected chi connectivity index (χ2v) is 6.35. The lowest BCUT2D eigenvalue weighted by Crippen LogP contribution is -2.15. The minimum Gasteiger partial charge on any atom is -0.381 e. The quantitative estimate of drug-likeness (QED) is 0.676. The molecule has 3 heterocycles. The first-order valence-electron chi connectivity index (χ1n) is 7.66. The van der Waals surface area contributed by atoms with Gasteiger partial charge in [0.05, 0.1) is 22.3 Å². The van der Waals surface area contributed by atoms with Gasteiger partial charge in [-0.05, 0) is 19.8 Å². The van der Waals surface area contributed by atoms with Crippen molar-refractivity contribution in [2.75, 3.05) is 5.32 Å². The molecule has 22 heavy (non-hydrogen) atoms. The fourth-order valence-electron chi connectivity index (χ4n) is 3.31. The van der Waals surface area contributed by atoms with Gasteiger partial charge in [0.2, 0.25) is 0 Å². The van der Waals surface area contributed by atoms with Crippen LogP contribution in [0.25, 0.3) is 22.2 Å². The van der Waals surface area contributed by atoms with E-state index in [1.807, 2.05) is 19.3 Å². The molecule has 0 spiro atoms. The summed E-state index contributed by atoms with van der Waals surface area (Å²) in [5.74, 6) is 0. The Morgan fingerprint density at radius 2 is 2.05 bits per heavy atom. The second-order valence-electron chi connectivity index (χ2n) is 5.94. The van der Waals surface area contributed by atoms with Gasteiger partial charge in [-0.1, -0.05) is 24.4 Å². The molecule has 0 aliphatic heterocycles. The highest BCUT2D eigenvalue weighted by Gasteiger charge is 2.21. The number of aromatic amines is 2. The first kappa shape index (κ1) is 13.6. The number of aryl methyl sites for hydroxylation is 1. The molecular weight excluding hydrogens is 298 g/mol. The molecule has 6 heteroatoms. The average Bonchev–Trinajstić information content (AvgIpc) is 3.22. The Morgan fingerprint density at radius 1 is 1.23 bits per heavy atom. The van der Waals surface area contributed by atoms with Crippen LogP contribution < -0.4 is 5.32 Å². The molecule has 5 nitrogen and oxygen atoms in total. The van der Waals surface area contributed by atoms with Crippen LogP contribution in [-0.2, 0) is 0 Å². The maximum Gasteiger partial charge on any atom is 0.140 e. The van der Waals surface area contributed by atoms with E-state index in [1.54, 1.807) is 6.20 Å². The standard InChI is InChI=1S/C16H18ClN5/c1-9-11(7-20-22-9)12-6-18-16-14(13(17)8-19-16)15(12)21-10-4-2-3-5-10/h6-8,10H,2-5H2,1H3,(H,20,22)(H2,18,19,21). The Morgan fingerprint density at radius 3 is 2.77 bits per heavy atom. The highest BCUT2D eigenvalue weighted by atomic mass is 35.5. The Hall–Kier alpha value is -2.01. The summed E-state index contributed by atoms with van der Waals surface area (Å²) in [5, 5.41) is 12.5. The molecule has 114 valence electrons. The molecule has 1 aliphatic carbocycles. The molecule has 3 aromatic rings. The Bertz CT molecular complexity index is 813. The van der Waals surface area contributed by atoms with Crippen LogP contribution in [0.4, 0.5) is 5.69 Å². The van der Waals surface area contributed by atoms with E-state index in [2.05, 4.69) is 25.5 Å². The average molecular weight is 316 g/mol. The van der Waals surface area contributed by atoms with Crippen molar-refractivity contribution in [1.82, 2.24) is 20.2 Å². The van der Waals surface area contributed by atoms with Gasteiger partial charge in [-0.2, -0.15) is 5.10 Å². The lowest BCUT2D eigenvalue weighted by molar-refractivity contribution is 0.757. The highest BCUT2D eigenvalue weighted by Crippen LogP contribution is 2.39. The van der Waals surface area contributed by atoms with Crippen LogP contribution in [0.5, 0.6) is 0 Å². The van der Waals surface area contributed by atoms with Gasteiger partial charge in [-0.3, -0.25) is 5.10 Å². The minimum absolute atomic E-state index is 0.502. The van der Waals surface area contributed by atoms with Crippen molar-refractivity contribution in [3.63, 3.8) is 0 Å². The first-order valence-corrected chi connectivity index (χ1v) is 8.04. The number of rotatable bonds is 3. The lowest BCUT2D eigenvalue weighted by Gasteiger charge is -2.18. The smallest absolute Gasteiger partial charge is 0.140 e. The summed E-state index contributed by atoms with van der Waals surface area (Å²) in [6, 6.07) is 0.502. The third kappa shape index (κ3) is 2.16. The molecule has 1 aliphatic rings. The first-order chi connectivity index (χ1) is 10.7. The van der Waals surface area contributed by atoms with Crippen LogP contribution in [0.2, 0.25) is 5.02 Å². The van der Waals surface area contributed by atoms with Gasteiger partial charge >= 0.3 is 0 Å². The molecule has 0 saturated heterocycles. The Balaban J connectivity index is 1.91. The van der Waals surface area contributed by atoms with Crippen LogP contribution >= 0.6 is 11.6 Å². The highest BCUT2D eigenvalue weighted by molar-refractivity contribution is 6.36. The number of hydrogen-bond donors (Lipinski definition) is 3. The van der Waals surface area contributed by atoms with Gasteiger partial charge in [0, 0.05) is 35.3 Å². The molecule has 0 aromatic carbocycles. The van der Waals surface area contributed by atoms with E-state index in [9.17, 15) is 0 Å². The van der Waals surface area contributed by atoms with Gasteiger partial charge in [-0.25, -0.2) is 4.98 Å². The summed E-state index contributed by atoms with van der Waals surface area (Å²) in [7, 11) is 0. The molecular formula is C16H18ClN5. The van der Waals surface area contributed by atoms with Crippen LogP contribution in [-0.4, -0.2) is 26.2 Å². The Kier molecular flexibility index (Phi) is 3.30. The normalized spacial score (nSPS) is 15.7. The monoisotopic (exact) mass is 315 g/mol. The molecule has 0 radical (unpaired) electrons. The third-order valence-electron chi connectivity index (χ3n) is 4.48. The van der Waals surface area contributed by atoms with Crippen molar-refractivity contribution in [1.29, 1.82) is 0 Å². The maximum absolute atomic E-state index is 6.40. The maximum atomic E-state index is 6.40. The predicted molar refractivity (Wildman–Crippen MR) is 89.3 cm³/mol. The molecule has 0 unspecified atom stereocenters. The van der Waals surface area contributed by atoms with E-state index < -0.39 is 0 Å². The summed E-state index contributed by atoms with van der Waals surface area (Å²) >= 11 is 6.40. The van der Waals surface area contributed by atoms with E-state index in [0.717, 1.165) is 33.5 Å². The van der Waals surface area contributed by atoms with Crippen LogP contribution in [0.3, 0.4) is 0 Å². The Labute approximate surface area is 133 Å². The zero-order chi connectivity index (χ0) is 15.1. The number of nitrogens with zero attached hydrogens (tertiary/aromatic N) is 2. The number of nitrogens with one attached hydrogen (secondary N) is 3. The van der Waals surface area contributed by atoms with Gasteiger partial charge in [0.1, 0.15) is 5.65 Å². The number of halogens is 1. The zero-order valence-corrected chi connectivity index (χ0v) is 13.2. The number of fused-ring (bicyclic) bond motifs is 1. The van der Waals surface area contributed by atoms with Crippen molar-refractivity contribution < 1.29 is 0 Å². The van der Waals surface area contributed by atoms with E-state index in [4.69, 9.17) is 11.6 Å². The fraction of sp³-hybridized carbons (Fsp3) is 0.375. The SMILES string of the molecule is Cc1[nH]ncc1-c1cnc2[nH]cc(Cl)c2c1NC1CCCC1. The van der Waals surface area contributed by atoms with Gasteiger partial charge < -0.3 is 10.3 Å². The summed E-state index contributed by atoms with van der Waals surface area (Å²) in [5.41, 5.74) is 5.02. The van der Waals surface area contributed by atoms with Crippen molar-refractivity contribution in [2.45, 2.75) is 38.6 Å². The summed E-state index contributed by atoms with van der Waals surface area (Å²) < 4.78 is 0. The summed E-state index contributed by atoms with van der Waals surface area (Å²) in [6.07, 6.45) is 10.5. The van der Waals surface area contributed by atoms with Crippen LogP contribution in [0.1, 0.15) is 31.4 Å². The van der Waals surface area contributed by atoms with Crippen molar-refractivity contribution in [3.8, 4) is 11.1 Å². The molecule has 1 fully saturated rings. The minimum atomic E-state index is 0.502. The van der Waals surface area contributed by atoms with Gasteiger partial charge in [0.15, 0.2) is 0 Å². The van der Waals surface area contributed by atoms with Crippen LogP contribution in [0.15, 0.2) is 18.6 Å². The van der Waals surface area contributed by atoms with E-state index in [-0.39, 0.29) is 0 Å². The van der Waals surface area contributed by atoms with Gasteiger partial charge in [-0.15, -0.1) is 0 Å². The number of aromatic nitrogens is 4. The number of anilines is 1. The second kappa shape index (κ2) is 5.32. The topological polar surface area (TPSA) is 69.4 Å². The van der Waals surface area contributed by atoms with E-state index >= 15 is 0 Å². The van der Waals surface area contributed by atoms with Crippen molar-refractivity contribution in [3.05, 3.63) is 29.3 Å². The molecule has 0 amide bonds. The molecule has 1 saturated carbocycles. The largest absolute Gasteiger partial charge is 0.381 e. The predicted octanol–water partition coefficient (Wildman–Crippen LogP) is 4.27. The van der Waals surface area contributed by atoms with Crippen LogP contribution in [0, 0.1) is 6.92 Å². The molecule has 0 atom stereocenters. The zero-order valence-electron chi connectivity index (χ0n) is 12.4. The number of pyridine rings is 1. The number of H-pyrrole nitrogens is 2. The van der Waals surface area contributed by atoms with Crippen molar-refractivity contribution in [2.24, 2.45) is 0 Å². The molecule has 3 N–H and O–H groups in total. The summed E-state index contributed by atoms with van der Waals surface area (Å²) in [4.78, 5) is 7.65. The summed E-state index contributed by atoms with van der Waals surface area (Å²) in [6.45, 7) is 2.02. The van der Waals surface area contributed by atoms with E-state index in [0.29, 0.717) is 11.1 Å². The van der Waals surface area contributed by atoms with Gasteiger partial charge in [0.25, 0.3) is 0 Å². The molecule has 4 rings (SSSR count). The molecule has 3 aromatic heterocycles. The number of hydrogen-bond acceptors (Lipinski definition) is 3.